The predicted molar refractivity (Wildman–Crippen MR) is 219 cm³/mol. The average molecular weight is 727 g/mol. The Morgan fingerprint density at radius 3 is 2.15 bits per heavy atom. The van der Waals surface area contributed by atoms with Crippen molar-refractivity contribution in [1.29, 1.82) is 10.8 Å². The van der Waals surface area contributed by atoms with Crippen molar-refractivity contribution in [2.75, 3.05) is 20.2 Å². The molecule has 0 atom stereocenters. The summed E-state index contributed by atoms with van der Waals surface area (Å²) in [5, 5.41) is 22.5. The molecule has 0 saturated heterocycles. The number of rotatable bonds is 16. The van der Waals surface area contributed by atoms with E-state index in [1.165, 1.54) is 0 Å². The molecule has 1 heterocycles. The van der Waals surface area contributed by atoms with E-state index in [0.717, 1.165) is 94.6 Å². The second kappa shape index (κ2) is 17.2. The summed E-state index contributed by atoms with van der Waals surface area (Å²) in [7, 11) is 1.67. The summed E-state index contributed by atoms with van der Waals surface area (Å²) in [4.78, 5) is 18.0. The van der Waals surface area contributed by atoms with Crippen LogP contribution in [0.5, 0.6) is 17.2 Å². The van der Waals surface area contributed by atoms with Crippen LogP contribution in [0.3, 0.4) is 0 Å². The second-order valence-corrected chi connectivity index (χ2v) is 15.1. The lowest BCUT2D eigenvalue weighted by Crippen LogP contribution is -2.33. The fourth-order valence-electron chi connectivity index (χ4n) is 6.88. The summed E-state index contributed by atoms with van der Waals surface area (Å²) in [5.74, 6) is 2.66. The molecule has 1 aliphatic rings. The third kappa shape index (κ3) is 8.60. The van der Waals surface area contributed by atoms with Gasteiger partial charge in [0.2, 0.25) is 0 Å². The molecule has 1 aliphatic heterocycles. The molecule has 5 aromatic rings. The zero-order valence-electron chi connectivity index (χ0n) is 31.5. The van der Waals surface area contributed by atoms with E-state index in [1.54, 1.807) is 18.9 Å². The molecule has 53 heavy (non-hydrogen) atoms. The molecule has 3 N–H and O–H groups in total. The van der Waals surface area contributed by atoms with Crippen LogP contribution in [0.1, 0.15) is 99.2 Å². The van der Waals surface area contributed by atoms with E-state index in [2.05, 4.69) is 69.4 Å². The van der Waals surface area contributed by atoms with E-state index in [1.807, 2.05) is 59.5 Å². The van der Waals surface area contributed by atoms with Gasteiger partial charge in [-0.3, -0.25) is 15.6 Å². The van der Waals surface area contributed by atoms with Crippen molar-refractivity contribution in [1.82, 2.24) is 10.2 Å². The number of unbranched alkanes of at least 4 members (excludes halogenated alkanes) is 4. The van der Waals surface area contributed by atoms with Crippen molar-refractivity contribution >= 4 is 40.1 Å². The van der Waals surface area contributed by atoms with Gasteiger partial charge in [0, 0.05) is 50.5 Å². The number of hydrogen-bond donors (Lipinski definition) is 3. The van der Waals surface area contributed by atoms with Crippen molar-refractivity contribution in [2.24, 2.45) is 0 Å². The molecule has 0 aromatic heterocycles. The lowest BCUT2D eigenvalue weighted by atomic mass is 9.88. The topological polar surface area (TPSA) is 98.5 Å². The summed E-state index contributed by atoms with van der Waals surface area (Å²) in [6.45, 7) is 10.2. The van der Waals surface area contributed by atoms with Crippen molar-refractivity contribution in [2.45, 2.75) is 81.9 Å². The standard InChI is InChI=1S/C45H50N4O3S/c1-6-8-10-21-49(22-11-9-7-2)45(50)31-16-12-18-35(24-31)52-39-27-32(29(3)4)23-33-26-38-42(44(47)48-43(38)46)41(40(33)39)30-15-13-19-36(25-30)53-37-20-14-17-34(28-37)51-5/h12-20,23-29H,6-11,21-22H2,1-5H3,(H3,46,47,48). The van der Waals surface area contributed by atoms with Gasteiger partial charge in [-0.05, 0) is 95.9 Å². The lowest BCUT2D eigenvalue weighted by Gasteiger charge is -2.23. The number of fused-ring (bicyclic) bond motifs is 2. The largest absolute Gasteiger partial charge is 0.497 e. The number of amides is 1. The van der Waals surface area contributed by atoms with Gasteiger partial charge in [-0.2, -0.15) is 0 Å². The maximum Gasteiger partial charge on any atom is 0.253 e. The highest BCUT2D eigenvalue weighted by molar-refractivity contribution is 7.99. The number of carbonyl (C=O) groups is 1. The molecule has 0 bridgehead atoms. The van der Waals surface area contributed by atoms with Gasteiger partial charge < -0.3 is 19.7 Å². The summed E-state index contributed by atoms with van der Waals surface area (Å²) < 4.78 is 12.3. The van der Waals surface area contributed by atoms with Crippen LogP contribution in [0, 0.1) is 10.8 Å². The predicted octanol–water partition coefficient (Wildman–Crippen LogP) is 11.7. The zero-order chi connectivity index (χ0) is 37.5. The van der Waals surface area contributed by atoms with Crippen molar-refractivity contribution < 1.29 is 14.3 Å². The van der Waals surface area contributed by atoms with Crippen LogP contribution in [0.15, 0.2) is 101 Å². The average Bonchev–Trinajstić information content (AvgIpc) is 3.45. The molecule has 6 rings (SSSR count). The smallest absolute Gasteiger partial charge is 0.253 e. The second-order valence-electron chi connectivity index (χ2n) is 14.0. The Labute approximate surface area is 318 Å². The molecule has 8 heteroatoms. The maximum absolute atomic E-state index is 13.9. The Kier molecular flexibility index (Phi) is 12.2. The number of amidine groups is 2. The molecule has 1 amide bonds. The zero-order valence-corrected chi connectivity index (χ0v) is 32.3. The molecular weight excluding hydrogens is 677 g/mol. The van der Waals surface area contributed by atoms with Crippen molar-refractivity contribution in [3.63, 3.8) is 0 Å². The van der Waals surface area contributed by atoms with Gasteiger partial charge in [0.25, 0.3) is 5.91 Å². The fraction of sp³-hybridized carbons (Fsp3) is 0.311. The van der Waals surface area contributed by atoms with E-state index in [9.17, 15) is 4.79 Å². The van der Waals surface area contributed by atoms with Crippen LogP contribution >= 0.6 is 11.8 Å². The molecule has 0 aliphatic carbocycles. The fourth-order valence-corrected chi connectivity index (χ4v) is 7.81. The van der Waals surface area contributed by atoms with E-state index in [4.69, 9.17) is 20.3 Å². The quantitative estimate of drug-likeness (QED) is 0.0879. The molecular formula is C45H50N4O3S. The molecule has 0 spiro atoms. The minimum Gasteiger partial charge on any atom is -0.497 e. The van der Waals surface area contributed by atoms with Gasteiger partial charge in [0.1, 0.15) is 28.9 Å². The molecule has 0 saturated carbocycles. The number of nitrogens with zero attached hydrogens (tertiary/aromatic N) is 1. The van der Waals surface area contributed by atoms with Gasteiger partial charge in [-0.15, -0.1) is 0 Å². The maximum atomic E-state index is 13.9. The van der Waals surface area contributed by atoms with Crippen LogP contribution in [0.2, 0.25) is 0 Å². The van der Waals surface area contributed by atoms with Crippen LogP contribution in [0.25, 0.3) is 21.9 Å². The normalized spacial score (nSPS) is 12.3. The highest BCUT2D eigenvalue weighted by Gasteiger charge is 2.29. The first-order valence-corrected chi connectivity index (χ1v) is 19.6. The van der Waals surface area contributed by atoms with E-state index in [-0.39, 0.29) is 23.5 Å². The Hall–Kier alpha value is -5.08. The highest BCUT2D eigenvalue weighted by atomic mass is 32.2. The highest BCUT2D eigenvalue weighted by Crippen LogP contribution is 2.45. The SMILES string of the molecule is CCCCCN(CCCCC)C(=O)c1cccc(Oc2cc(C(C)C)cc3cc4c(c(-c5cccc(Sc6cccc(OC)c6)c5)c23)C(=N)NC4=N)c1. The first-order chi connectivity index (χ1) is 25.7. The van der Waals surface area contributed by atoms with Gasteiger partial charge in [0.15, 0.2) is 0 Å². The molecule has 0 unspecified atom stereocenters. The van der Waals surface area contributed by atoms with Crippen molar-refractivity contribution in [3.8, 4) is 28.4 Å². The van der Waals surface area contributed by atoms with Crippen LogP contribution in [0.4, 0.5) is 0 Å². The molecule has 7 nitrogen and oxygen atoms in total. The monoisotopic (exact) mass is 726 g/mol. The summed E-state index contributed by atoms with van der Waals surface area (Å²) in [6.07, 6.45) is 6.40. The Morgan fingerprint density at radius 1 is 0.774 bits per heavy atom. The van der Waals surface area contributed by atoms with Crippen LogP contribution < -0.4 is 14.8 Å². The van der Waals surface area contributed by atoms with E-state index >= 15 is 0 Å². The number of nitrogens with one attached hydrogen (secondary N) is 3. The number of ether oxygens (including phenoxy) is 2. The van der Waals surface area contributed by atoms with Gasteiger partial charge >= 0.3 is 0 Å². The minimum absolute atomic E-state index is 0.0327. The summed E-state index contributed by atoms with van der Waals surface area (Å²) in [6, 6.07) is 30.1. The summed E-state index contributed by atoms with van der Waals surface area (Å²) in [5.41, 5.74) is 4.82. The van der Waals surface area contributed by atoms with Gasteiger partial charge in [-0.1, -0.05) is 95.5 Å². The molecule has 274 valence electrons. The first kappa shape index (κ1) is 37.7. The number of hydrogen-bond acceptors (Lipinski definition) is 6. The first-order valence-electron chi connectivity index (χ1n) is 18.8. The van der Waals surface area contributed by atoms with E-state index < -0.39 is 0 Å². The number of carbonyl (C=O) groups excluding carboxylic acids is 1. The van der Waals surface area contributed by atoms with E-state index in [0.29, 0.717) is 28.2 Å². The van der Waals surface area contributed by atoms with Crippen LogP contribution in [-0.2, 0) is 0 Å². The Balaban J connectivity index is 1.46. The molecule has 0 fully saturated rings. The lowest BCUT2D eigenvalue weighted by molar-refractivity contribution is 0.0749. The van der Waals surface area contributed by atoms with Crippen molar-refractivity contribution in [3.05, 3.63) is 113 Å². The molecule has 5 aromatic carbocycles. The number of benzene rings is 5. The summed E-state index contributed by atoms with van der Waals surface area (Å²) >= 11 is 1.64. The Bertz CT molecular complexity index is 2130. The molecule has 0 radical (unpaired) electrons. The number of methoxy groups -OCH3 is 1. The Morgan fingerprint density at radius 2 is 1.45 bits per heavy atom. The van der Waals surface area contributed by atoms with Gasteiger partial charge in [0.05, 0.1) is 7.11 Å². The third-order valence-electron chi connectivity index (χ3n) is 9.72. The third-order valence-corrected chi connectivity index (χ3v) is 10.7. The van der Waals surface area contributed by atoms with Crippen LogP contribution in [-0.4, -0.2) is 42.7 Å². The van der Waals surface area contributed by atoms with Gasteiger partial charge in [-0.25, -0.2) is 0 Å². The minimum atomic E-state index is 0.0327.